The number of likely N-dealkylation sites (tertiary alicyclic amines) is 2. The van der Waals surface area contributed by atoms with Crippen LogP contribution in [0, 0.1) is 36.0 Å². The van der Waals surface area contributed by atoms with Gasteiger partial charge in [0.15, 0.2) is 11.4 Å². The first kappa shape index (κ1) is 53.0. The number of carbonyl (C=O) groups is 6. The molecule has 4 amide bonds. The van der Waals surface area contributed by atoms with Gasteiger partial charge < -0.3 is 39.3 Å². The Bertz CT molecular complexity index is 2890. The van der Waals surface area contributed by atoms with E-state index in [0.717, 1.165) is 52.8 Å². The number of halogens is 1. The van der Waals surface area contributed by atoms with Crippen molar-refractivity contribution in [1.29, 1.82) is 0 Å². The van der Waals surface area contributed by atoms with Gasteiger partial charge in [-0.25, -0.2) is 19.0 Å². The summed E-state index contributed by atoms with van der Waals surface area (Å²) in [6.07, 6.45) is 10.6. The number of carbonyl (C=O) groups excluding carboxylic acids is 6. The maximum absolute atomic E-state index is 12.7. The van der Waals surface area contributed by atoms with Crippen LogP contribution in [0.1, 0.15) is 109 Å². The molecule has 0 radical (unpaired) electrons. The molecule has 0 bridgehead atoms. The lowest BCUT2D eigenvalue weighted by atomic mass is 10.0. The number of hydrogen-bond donors (Lipinski definition) is 2. The Morgan fingerprint density at radius 2 is 1.18 bits per heavy atom. The summed E-state index contributed by atoms with van der Waals surface area (Å²) in [4.78, 5) is 80.1. The second kappa shape index (κ2) is 21.9. The lowest BCUT2D eigenvalue weighted by molar-refractivity contribution is -0.138. The first-order valence-corrected chi connectivity index (χ1v) is 24.7. The number of ether oxygens (including phenoxy) is 2. The van der Waals surface area contributed by atoms with Gasteiger partial charge in [-0.15, -0.1) is 6.42 Å². The third-order valence-corrected chi connectivity index (χ3v) is 13.8. The number of rotatable bonds is 8. The van der Waals surface area contributed by atoms with Crippen molar-refractivity contribution >= 4 is 51.5 Å². The van der Waals surface area contributed by atoms with Gasteiger partial charge >= 0.3 is 11.9 Å². The highest BCUT2D eigenvalue weighted by Crippen LogP contribution is 2.36. The van der Waals surface area contributed by atoms with Gasteiger partial charge in [-0.1, -0.05) is 53.3 Å². The van der Waals surface area contributed by atoms with Crippen LogP contribution in [0.25, 0.3) is 11.4 Å². The third-order valence-electron chi connectivity index (χ3n) is 13.3. The Hall–Kier alpha value is -6.80. The molecule has 2 saturated heterocycles. The SMILES string of the molecule is C.C#C[C@]1(O)CCN(C)C1=O.CCOC(=O)c1nn(-c2cccc(Br)c2)c2c1CN(C(=O)C1CC1)CC2.CCOC(=O)c1nn(-c2cccc(C#C[C@]3(O)CCN(C)C3=O)c2)c2c1CN(C(=O)C1CC1)CC2. The molecule has 72 heavy (non-hydrogen) atoms. The fourth-order valence-corrected chi connectivity index (χ4v) is 9.39. The van der Waals surface area contributed by atoms with Crippen LogP contribution >= 0.6 is 15.9 Å². The van der Waals surface area contributed by atoms with E-state index < -0.39 is 29.0 Å². The van der Waals surface area contributed by atoms with Gasteiger partial charge in [-0.3, -0.25) is 19.2 Å². The van der Waals surface area contributed by atoms with Gasteiger partial charge in [0.2, 0.25) is 23.0 Å². The van der Waals surface area contributed by atoms with Crippen molar-refractivity contribution in [2.75, 3.05) is 53.5 Å². The molecular weight excluding hydrogens is 989 g/mol. The quantitative estimate of drug-likeness (QED) is 0.188. The van der Waals surface area contributed by atoms with Crippen molar-refractivity contribution in [3.63, 3.8) is 0 Å². The van der Waals surface area contributed by atoms with Gasteiger partial charge in [0.1, 0.15) is 0 Å². The highest BCUT2D eigenvalue weighted by Gasteiger charge is 2.44. The molecule has 380 valence electrons. The molecule has 0 unspecified atom stereocenters. The van der Waals surface area contributed by atoms with Crippen LogP contribution in [-0.4, -0.2) is 150 Å². The van der Waals surface area contributed by atoms with Crippen LogP contribution in [0.3, 0.4) is 0 Å². The molecule has 4 aromatic rings. The first-order chi connectivity index (χ1) is 34.0. The van der Waals surface area contributed by atoms with Crippen LogP contribution in [0.5, 0.6) is 0 Å². The molecule has 0 spiro atoms. The van der Waals surface area contributed by atoms with Crippen LogP contribution in [0.4, 0.5) is 0 Å². The third kappa shape index (κ3) is 11.1. The molecule has 10 rings (SSSR count). The fraction of sp³-hybridized carbons (Fsp3) is 0.472. The van der Waals surface area contributed by atoms with E-state index in [1.807, 2.05) is 56.9 Å². The number of likely N-dealkylation sites (N-methyl/N-ethyl adjacent to an activating group) is 2. The summed E-state index contributed by atoms with van der Waals surface area (Å²) < 4.78 is 14.9. The van der Waals surface area contributed by atoms with E-state index in [2.05, 4.69) is 43.9 Å². The fourth-order valence-electron chi connectivity index (χ4n) is 9.00. The van der Waals surface area contributed by atoms with Crippen molar-refractivity contribution in [2.45, 2.75) is 96.9 Å². The smallest absolute Gasteiger partial charge is 0.359 e. The molecule has 2 aliphatic carbocycles. The molecule has 18 nitrogen and oxygen atoms in total. The van der Waals surface area contributed by atoms with E-state index in [0.29, 0.717) is 87.6 Å². The Labute approximate surface area is 427 Å². The minimum absolute atomic E-state index is 0. The van der Waals surface area contributed by atoms with Crippen molar-refractivity contribution < 1.29 is 48.5 Å². The Morgan fingerprint density at radius 1 is 0.722 bits per heavy atom. The second-order valence-electron chi connectivity index (χ2n) is 18.5. The van der Waals surface area contributed by atoms with E-state index in [1.165, 1.54) is 9.80 Å². The van der Waals surface area contributed by atoms with Crippen LogP contribution in [0.15, 0.2) is 53.0 Å². The molecular formula is C53H61BrN8O10. The number of hydrogen-bond acceptors (Lipinski definition) is 12. The van der Waals surface area contributed by atoms with Crippen LogP contribution in [-0.2, 0) is 54.6 Å². The monoisotopic (exact) mass is 1050 g/mol. The zero-order valence-corrected chi connectivity index (χ0v) is 41.9. The lowest BCUT2D eigenvalue weighted by Crippen LogP contribution is -2.37. The topological polar surface area (TPSA) is 210 Å². The number of amides is 4. The second-order valence-corrected chi connectivity index (χ2v) is 19.4. The van der Waals surface area contributed by atoms with E-state index in [9.17, 15) is 39.0 Å². The minimum Gasteiger partial charge on any atom is -0.461 e. The Morgan fingerprint density at radius 3 is 1.58 bits per heavy atom. The highest BCUT2D eigenvalue weighted by atomic mass is 79.9. The molecule has 6 heterocycles. The van der Waals surface area contributed by atoms with Crippen molar-refractivity contribution in [2.24, 2.45) is 11.8 Å². The minimum atomic E-state index is -1.68. The number of esters is 2. The van der Waals surface area contributed by atoms with Crippen molar-refractivity contribution in [1.82, 2.24) is 39.2 Å². The number of aromatic nitrogens is 4. The largest absolute Gasteiger partial charge is 0.461 e. The summed E-state index contributed by atoms with van der Waals surface area (Å²) in [7, 11) is 3.27. The van der Waals surface area contributed by atoms with Gasteiger partial charge in [-0.05, 0) is 75.9 Å². The molecule has 2 aromatic heterocycles. The summed E-state index contributed by atoms with van der Waals surface area (Å²) in [5.41, 5.74) is 2.91. The summed E-state index contributed by atoms with van der Waals surface area (Å²) in [6.45, 7) is 7.03. The average molecular weight is 1050 g/mol. The van der Waals surface area contributed by atoms with E-state index in [-0.39, 0.29) is 55.7 Å². The number of nitrogens with zero attached hydrogens (tertiary/aromatic N) is 8. The number of benzene rings is 2. The van der Waals surface area contributed by atoms with E-state index in [4.69, 9.17) is 15.9 Å². The maximum Gasteiger partial charge on any atom is 0.359 e. The van der Waals surface area contributed by atoms with Gasteiger partial charge in [-0.2, -0.15) is 10.2 Å². The Balaban J connectivity index is 0.000000180. The summed E-state index contributed by atoms with van der Waals surface area (Å²) in [5, 5.41) is 29.1. The average Bonchev–Trinajstić information content (AvgIpc) is 4.30. The predicted octanol–water partition coefficient (Wildman–Crippen LogP) is 4.24. The molecule has 4 fully saturated rings. The van der Waals surface area contributed by atoms with Gasteiger partial charge in [0, 0.05) is 112 Å². The van der Waals surface area contributed by atoms with Crippen LogP contribution in [0.2, 0.25) is 0 Å². The predicted molar refractivity (Wildman–Crippen MR) is 267 cm³/mol. The number of fused-ring (bicyclic) bond motifs is 2. The molecule has 6 aliphatic rings. The van der Waals surface area contributed by atoms with E-state index >= 15 is 0 Å². The number of aliphatic hydroxyl groups is 2. The number of terminal acetylenes is 1. The summed E-state index contributed by atoms with van der Waals surface area (Å²) >= 11 is 3.48. The molecule has 2 N–H and O–H groups in total. The maximum atomic E-state index is 12.7. The molecule has 2 atom stereocenters. The van der Waals surface area contributed by atoms with Crippen molar-refractivity contribution in [3.05, 3.63) is 92.5 Å². The first-order valence-electron chi connectivity index (χ1n) is 24.0. The molecule has 2 aromatic carbocycles. The zero-order chi connectivity index (χ0) is 50.8. The Kier molecular flexibility index (Phi) is 16.1. The highest BCUT2D eigenvalue weighted by molar-refractivity contribution is 9.10. The molecule has 4 aliphatic heterocycles. The van der Waals surface area contributed by atoms with Crippen molar-refractivity contribution in [3.8, 4) is 35.6 Å². The summed E-state index contributed by atoms with van der Waals surface area (Å²) in [5.74, 6) is 6.65. The molecule has 2 saturated carbocycles. The van der Waals surface area contributed by atoms with E-state index in [1.54, 1.807) is 38.7 Å². The lowest BCUT2D eigenvalue weighted by Gasteiger charge is -2.28. The normalized spacial score (nSPS) is 20.8. The molecule has 19 heteroatoms. The van der Waals surface area contributed by atoms with Gasteiger partial charge in [0.25, 0.3) is 11.8 Å². The van der Waals surface area contributed by atoms with Gasteiger partial charge in [0.05, 0.1) is 36.0 Å². The standard InChI is InChI=1S/C26H28N4O5.C19H20BrN3O3.C7H9NO2.CH4/c1-3-35-24(32)22-20-16-29(23(31)18-7-8-18)13-10-21(20)30(27-22)19-6-4-5-17(15-19)9-11-26(34)12-14-28(2)25(26)33;1-2-26-19(25)17-15-11-22(18(24)12-6-7-12)9-8-16(15)23(21-17)14-5-3-4-13(20)10-14;1-3-7(10)4-5-8(2)6(7)9;/h4-6,15,18,34H,3,7-8,10,12-14,16H2,1-2H3;3-5,10,12H,2,6-9,11H2,1H3;1,10H,4-5H2,2H3;1H4/t26-;;7-;/m0.0./s1. The van der Waals surface area contributed by atoms with Crippen LogP contribution < -0.4 is 0 Å². The zero-order valence-electron chi connectivity index (χ0n) is 40.3. The summed E-state index contributed by atoms with van der Waals surface area (Å²) in [6, 6.07) is 15.1.